The fourth-order valence-electron chi connectivity index (χ4n) is 4.33. The molecule has 18 heavy (non-hydrogen) atoms. The van der Waals surface area contributed by atoms with Crippen LogP contribution in [0, 0.1) is 17.8 Å². The molecule has 0 aliphatic heterocycles. The van der Waals surface area contributed by atoms with E-state index in [-0.39, 0.29) is 0 Å². The Morgan fingerprint density at radius 3 is 2.33 bits per heavy atom. The first-order valence-electron chi connectivity index (χ1n) is 8.54. The summed E-state index contributed by atoms with van der Waals surface area (Å²) < 4.78 is 0. The van der Waals surface area contributed by atoms with Gasteiger partial charge >= 0.3 is 0 Å². The van der Waals surface area contributed by atoms with Crippen LogP contribution >= 0.6 is 0 Å². The number of nitrogens with one attached hydrogen (secondary N) is 1. The zero-order chi connectivity index (χ0) is 12.8. The van der Waals surface area contributed by atoms with Gasteiger partial charge in [0.1, 0.15) is 0 Å². The Morgan fingerprint density at radius 2 is 1.67 bits per heavy atom. The lowest BCUT2D eigenvalue weighted by atomic mass is 9.71. The Labute approximate surface area is 114 Å². The molecule has 0 aromatic carbocycles. The van der Waals surface area contributed by atoms with Gasteiger partial charge in [-0.3, -0.25) is 0 Å². The molecule has 3 unspecified atom stereocenters. The second kappa shape index (κ2) is 7.53. The van der Waals surface area contributed by atoms with Gasteiger partial charge in [0, 0.05) is 6.04 Å². The van der Waals surface area contributed by atoms with Crippen LogP contribution in [0.3, 0.4) is 0 Å². The molecule has 0 saturated heterocycles. The molecule has 2 aliphatic rings. The van der Waals surface area contributed by atoms with E-state index in [1.54, 1.807) is 0 Å². The predicted octanol–water partition coefficient (Wildman–Crippen LogP) is 4.76. The monoisotopic (exact) mass is 251 g/mol. The average Bonchev–Trinajstić information content (AvgIpc) is 2.40. The summed E-state index contributed by atoms with van der Waals surface area (Å²) >= 11 is 0. The normalized spacial score (nSPS) is 32.3. The SMILES string of the molecule is CCCNC(C1CCCCC1)C1CCCC(C)C1. The highest BCUT2D eigenvalue weighted by molar-refractivity contribution is 4.87. The van der Waals surface area contributed by atoms with Crippen molar-refractivity contribution in [3.8, 4) is 0 Å². The average molecular weight is 251 g/mol. The molecule has 0 heterocycles. The molecule has 1 N–H and O–H groups in total. The van der Waals surface area contributed by atoms with Crippen LogP contribution in [0.4, 0.5) is 0 Å². The summed E-state index contributed by atoms with van der Waals surface area (Å²) in [6.45, 7) is 5.99. The van der Waals surface area contributed by atoms with Crippen LogP contribution in [0.25, 0.3) is 0 Å². The van der Waals surface area contributed by atoms with Gasteiger partial charge in [-0.15, -0.1) is 0 Å². The van der Waals surface area contributed by atoms with Crippen LogP contribution < -0.4 is 5.32 Å². The second-order valence-corrected chi connectivity index (χ2v) is 6.91. The molecule has 0 spiro atoms. The third kappa shape index (κ3) is 3.98. The topological polar surface area (TPSA) is 12.0 Å². The van der Waals surface area contributed by atoms with Crippen LogP contribution in [0.2, 0.25) is 0 Å². The Kier molecular flexibility index (Phi) is 6.01. The first-order valence-corrected chi connectivity index (χ1v) is 8.54. The lowest BCUT2D eigenvalue weighted by Crippen LogP contribution is -2.44. The minimum Gasteiger partial charge on any atom is -0.313 e. The smallest absolute Gasteiger partial charge is 0.0124 e. The molecule has 0 amide bonds. The molecule has 2 fully saturated rings. The van der Waals surface area contributed by atoms with E-state index in [9.17, 15) is 0 Å². The van der Waals surface area contributed by atoms with E-state index in [4.69, 9.17) is 0 Å². The summed E-state index contributed by atoms with van der Waals surface area (Å²) in [6, 6.07) is 0.841. The predicted molar refractivity (Wildman–Crippen MR) is 79.8 cm³/mol. The lowest BCUT2D eigenvalue weighted by Gasteiger charge is -2.40. The Balaban J connectivity index is 1.93. The zero-order valence-corrected chi connectivity index (χ0v) is 12.6. The zero-order valence-electron chi connectivity index (χ0n) is 12.6. The van der Waals surface area contributed by atoms with Crippen LogP contribution in [0.1, 0.15) is 78.1 Å². The highest BCUT2D eigenvalue weighted by Crippen LogP contribution is 2.37. The van der Waals surface area contributed by atoms with E-state index in [0.29, 0.717) is 0 Å². The van der Waals surface area contributed by atoms with Crippen LogP contribution in [0.5, 0.6) is 0 Å². The molecule has 3 atom stereocenters. The van der Waals surface area contributed by atoms with Crippen LogP contribution in [-0.4, -0.2) is 12.6 Å². The van der Waals surface area contributed by atoms with E-state index in [0.717, 1.165) is 23.8 Å². The van der Waals surface area contributed by atoms with Crippen molar-refractivity contribution in [2.45, 2.75) is 84.1 Å². The molecule has 1 nitrogen and oxygen atoms in total. The van der Waals surface area contributed by atoms with Crippen molar-refractivity contribution in [1.82, 2.24) is 5.32 Å². The van der Waals surface area contributed by atoms with E-state index < -0.39 is 0 Å². The third-order valence-corrected chi connectivity index (χ3v) is 5.27. The lowest BCUT2D eigenvalue weighted by molar-refractivity contribution is 0.151. The summed E-state index contributed by atoms with van der Waals surface area (Å²) in [5, 5.41) is 3.93. The molecule has 1 heteroatoms. The number of hydrogen-bond donors (Lipinski definition) is 1. The van der Waals surface area contributed by atoms with Crippen molar-refractivity contribution < 1.29 is 0 Å². The first kappa shape index (κ1) is 14.4. The fraction of sp³-hybridized carbons (Fsp3) is 1.00. The minimum absolute atomic E-state index is 0.841. The van der Waals surface area contributed by atoms with Crippen molar-refractivity contribution in [3.63, 3.8) is 0 Å². The molecular formula is C17H33N. The van der Waals surface area contributed by atoms with Crippen molar-refractivity contribution in [1.29, 1.82) is 0 Å². The molecule has 2 rings (SSSR count). The molecule has 106 valence electrons. The fourth-order valence-corrected chi connectivity index (χ4v) is 4.33. The van der Waals surface area contributed by atoms with Crippen molar-refractivity contribution in [2.24, 2.45) is 17.8 Å². The number of rotatable bonds is 5. The molecule has 2 saturated carbocycles. The molecule has 0 aromatic rings. The Morgan fingerprint density at radius 1 is 0.944 bits per heavy atom. The highest BCUT2D eigenvalue weighted by Gasteiger charge is 2.32. The van der Waals surface area contributed by atoms with E-state index >= 15 is 0 Å². The van der Waals surface area contributed by atoms with E-state index in [1.807, 2.05) is 0 Å². The van der Waals surface area contributed by atoms with Crippen molar-refractivity contribution >= 4 is 0 Å². The van der Waals surface area contributed by atoms with Gasteiger partial charge in [0.2, 0.25) is 0 Å². The molecule has 2 aliphatic carbocycles. The van der Waals surface area contributed by atoms with Crippen LogP contribution in [-0.2, 0) is 0 Å². The second-order valence-electron chi connectivity index (χ2n) is 6.91. The molecule has 0 bridgehead atoms. The Hall–Kier alpha value is -0.0400. The van der Waals surface area contributed by atoms with Gasteiger partial charge in [0.05, 0.1) is 0 Å². The van der Waals surface area contributed by atoms with Gasteiger partial charge in [0.25, 0.3) is 0 Å². The molecule has 0 radical (unpaired) electrons. The number of hydrogen-bond acceptors (Lipinski definition) is 1. The van der Waals surface area contributed by atoms with Gasteiger partial charge in [-0.2, -0.15) is 0 Å². The van der Waals surface area contributed by atoms with Crippen molar-refractivity contribution in [3.05, 3.63) is 0 Å². The summed E-state index contributed by atoms with van der Waals surface area (Å²) in [5.74, 6) is 2.93. The van der Waals surface area contributed by atoms with Gasteiger partial charge < -0.3 is 5.32 Å². The van der Waals surface area contributed by atoms with E-state index in [2.05, 4.69) is 19.2 Å². The van der Waals surface area contributed by atoms with Crippen molar-refractivity contribution in [2.75, 3.05) is 6.54 Å². The van der Waals surface area contributed by atoms with Gasteiger partial charge in [0.15, 0.2) is 0 Å². The quantitative estimate of drug-likeness (QED) is 0.743. The Bertz CT molecular complexity index is 220. The van der Waals surface area contributed by atoms with E-state index in [1.165, 1.54) is 70.8 Å². The summed E-state index contributed by atoms with van der Waals surface area (Å²) in [4.78, 5) is 0. The van der Waals surface area contributed by atoms with Gasteiger partial charge in [-0.05, 0) is 56.4 Å². The third-order valence-electron chi connectivity index (χ3n) is 5.27. The maximum absolute atomic E-state index is 3.93. The largest absolute Gasteiger partial charge is 0.313 e. The summed E-state index contributed by atoms with van der Waals surface area (Å²) in [6.07, 6.45) is 14.6. The van der Waals surface area contributed by atoms with Gasteiger partial charge in [-0.1, -0.05) is 46.0 Å². The summed E-state index contributed by atoms with van der Waals surface area (Å²) in [5.41, 5.74) is 0. The standard InChI is InChI=1S/C17H33N/c1-3-12-18-17(15-9-5-4-6-10-15)16-11-7-8-14(2)13-16/h14-18H,3-13H2,1-2H3. The summed E-state index contributed by atoms with van der Waals surface area (Å²) in [7, 11) is 0. The minimum atomic E-state index is 0.841. The van der Waals surface area contributed by atoms with Gasteiger partial charge in [-0.25, -0.2) is 0 Å². The molecular weight excluding hydrogens is 218 g/mol. The maximum atomic E-state index is 3.93. The maximum Gasteiger partial charge on any atom is 0.0124 e. The highest BCUT2D eigenvalue weighted by atomic mass is 14.9. The van der Waals surface area contributed by atoms with Crippen LogP contribution in [0.15, 0.2) is 0 Å². The first-order chi connectivity index (χ1) is 8.81. The molecule has 0 aromatic heterocycles.